The third-order valence-electron chi connectivity index (χ3n) is 20.9. The molecule has 0 N–H and O–H groups in total. The Hall–Kier alpha value is -5.68. The molecule has 0 radical (unpaired) electrons. The van der Waals surface area contributed by atoms with Crippen LogP contribution in [0.5, 0.6) is 0 Å². The highest BCUT2D eigenvalue weighted by Gasteiger charge is 2.80. The number of alkyl halides is 2. The van der Waals surface area contributed by atoms with Crippen molar-refractivity contribution in [3.63, 3.8) is 0 Å². The molecule has 6 fully saturated rings. The minimum atomic E-state index is -2.07. The van der Waals surface area contributed by atoms with Crippen LogP contribution in [0.4, 0.5) is 8.78 Å². The van der Waals surface area contributed by atoms with E-state index in [0.717, 1.165) is 6.42 Å². The maximum atomic E-state index is 18.3. The molecule has 81 heavy (non-hydrogen) atoms. The summed E-state index contributed by atoms with van der Waals surface area (Å²) >= 11 is 0. The van der Waals surface area contributed by atoms with Crippen molar-refractivity contribution in [2.24, 2.45) is 57.2 Å². The first kappa shape index (κ1) is 62.9. The lowest BCUT2D eigenvalue weighted by Gasteiger charge is -2.63. The van der Waals surface area contributed by atoms with E-state index in [1.165, 1.54) is 31.2 Å². The zero-order valence-corrected chi connectivity index (χ0v) is 49.4. The van der Waals surface area contributed by atoms with Gasteiger partial charge in [0.25, 0.3) is 0 Å². The number of carbonyl (C=O) groups is 10. The van der Waals surface area contributed by atoms with Gasteiger partial charge in [-0.25, -0.2) is 8.78 Å². The van der Waals surface area contributed by atoms with Crippen LogP contribution in [-0.2, 0) is 76.4 Å². The van der Waals surface area contributed by atoms with Crippen LogP contribution < -0.4 is 0 Å². The van der Waals surface area contributed by atoms with Gasteiger partial charge in [-0.1, -0.05) is 92.0 Å². The summed E-state index contributed by atoms with van der Waals surface area (Å²) in [6.07, 6.45) is 10.4. The molecule has 0 amide bonds. The molecular weight excluding hydrogens is 1050 g/mol. The Kier molecular flexibility index (Phi) is 18.0. The van der Waals surface area contributed by atoms with E-state index in [2.05, 4.69) is 0 Å². The first-order chi connectivity index (χ1) is 37.9. The van der Waals surface area contributed by atoms with Crippen LogP contribution in [0.2, 0.25) is 0 Å². The van der Waals surface area contributed by atoms with Gasteiger partial charge < -0.3 is 28.4 Å². The standard InChI is InChI=1S/C33H45FO8.C30H39FO8/c1-7-10-11-29(39)41-26-18-31(6)24(23-13-12-21-17-22(35)14-15-30(21,5)32(23,26)34)16-20(4)33(31,42-28(38)9-3)25(36)19-40-27(37)8-2;1-7-25(35)37-16-23(34)30(39-26(36)8-2)17(3)13-22-21-10-9-19-14-20(33)11-12-27(19,5)29(21,31)24(38-18(4)32)15-28(22,30)6/h14-15,17,20,23-24,26H,7-13,16,18-19H2,1-6H3;11-12,14,17,21-22,24H,7-10,13,15-16H2,1-6H3/t20-,23-,24-,26-,30-,31-,32?,33-;17-,21-,22-,24-,27-,28-,29?,30-/m00/s1. The summed E-state index contributed by atoms with van der Waals surface area (Å²) in [6.45, 7) is 19.3. The van der Waals surface area contributed by atoms with E-state index < -0.39 is 153 Å². The van der Waals surface area contributed by atoms with Crippen molar-refractivity contribution < 1.29 is 85.1 Å². The quantitative estimate of drug-likeness (QED) is 0.0975. The Balaban J connectivity index is 0.000000234. The second kappa shape index (κ2) is 23.2. The number of halogens is 2. The predicted molar refractivity (Wildman–Crippen MR) is 289 cm³/mol. The number of fused-ring (bicyclic) bond motifs is 10. The fourth-order valence-electron chi connectivity index (χ4n) is 16.9. The SMILES string of the molecule is CCC(=O)OCC(=O)[C@@]1(OC(=O)CC)[C@@H](C)C[C@H]2[C@@H]3CCC4=CC(=O)C=C[C@]4(C)C3(F)[C@@H](OC(C)=O)C[C@@]21C.CCCCC(=O)O[C@H]1C[C@@]2(C)[C@@H](C[C@H](C)[C@]2(OC(=O)CC)C(=O)COC(=O)CC)[C@@H]2CCC3=CC(=O)C=C[C@]3(C)C12F. The molecule has 0 aromatic rings. The van der Waals surface area contributed by atoms with Crippen molar-refractivity contribution in [1.29, 1.82) is 0 Å². The molecule has 2 unspecified atom stereocenters. The first-order valence-corrected chi connectivity index (χ1v) is 29.4. The molecule has 446 valence electrons. The minimum Gasteiger partial charge on any atom is -0.459 e. The van der Waals surface area contributed by atoms with E-state index in [0.29, 0.717) is 56.1 Å². The van der Waals surface area contributed by atoms with E-state index in [9.17, 15) is 47.9 Å². The summed E-state index contributed by atoms with van der Waals surface area (Å²) in [6, 6.07) is 0. The van der Waals surface area contributed by atoms with Crippen molar-refractivity contribution in [3.8, 4) is 0 Å². The molecule has 0 saturated heterocycles. The van der Waals surface area contributed by atoms with Crippen LogP contribution >= 0.6 is 0 Å². The number of Topliss-reactive ketones (excluding diaryl/α,β-unsaturated/α-hetero) is 2. The van der Waals surface area contributed by atoms with E-state index in [1.54, 1.807) is 53.7 Å². The van der Waals surface area contributed by atoms with Crippen LogP contribution in [0.3, 0.4) is 0 Å². The van der Waals surface area contributed by atoms with E-state index >= 15 is 8.78 Å². The van der Waals surface area contributed by atoms with Crippen molar-refractivity contribution in [2.75, 3.05) is 13.2 Å². The maximum absolute atomic E-state index is 18.3. The van der Waals surface area contributed by atoms with Crippen LogP contribution in [0, 0.1) is 57.2 Å². The van der Waals surface area contributed by atoms with Crippen molar-refractivity contribution in [3.05, 3.63) is 47.6 Å². The highest BCUT2D eigenvalue weighted by molar-refractivity contribution is 6.02. The van der Waals surface area contributed by atoms with Crippen molar-refractivity contribution >= 4 is 58.9 Å². The molecule has 0 heterocycles. The fraction of sp³-hybridized carbons (Fsp3) is 0.714. The zero-order chi connectivity index (χ0) is 60.1. The largest absolute Gasteiger partial charge is 0.459 e. The molecule has 0 spiro atoms. The van der Waals surface area contributed by atoms with Crippen LogP contribution in [0.25, 0.3) is 0 Å². The van der Waals surface area contributed by atoms with Crippen molar-refractivity contribution in [1.82, 2.24) is 0 Å². The van der Waals surface area contributed by atoms with Gasteiger partial charge in [-0.2, -0.15) is 0 Å². The number of hydrogen-bond donors (Lipinski definition) is 0. The van der Waals surface area contributed by atoms with Crippen LogP contribution in [0.15, 0.2) is 47.6 Å². The van der Waals surface area contributed by atoms with Gasteiger partial charge in [0.15, 0.2) is 47.3 Å². The molecule has 0 aromatic carbocycles. The molecule has 8 aliphatic rings. The third kappa shape index (κ3) is 9.88. The highest BCUT2D eigenvalue weighted by Crippen LogP contribution is 2.74. The number of allylic oxidation sites excluding steroid dienone is 8. The molecule has 0 aromatic heterocycles. The molecule has 8 rings (SSSR count). The second-order valence-electron chi connectivity index (χ2n) is 25.0. The third-order valence-corrected chi connectivity index (χ3v) is 20.9. The minimum absolute atomic E-state index is 0.0200. The van der Waals surface area contributed by atoms with Gasteiger partial charge in [0.2, 0.25) is 11.6 Å². The Morgan fingerprint density at radius 3 is 1.30 bits per heavy atom. The summed E-state index contributed by atoms with van der Waals surface area (Å²) in [7, 11) is 0. The van der Waals surface area contributed by atoms with Gasteiger partial charge in [0.1, 0.15) is 12.2 Å². The normalized spacial score (nSPS) is 39.4. The smallest absolute Gasteiger partial charge is 0.306 e. The van der Waals surface area contributed by atoms with Gasteiger partial charge in [-0.15, -0.1) is 0 Å². The molecule has 0 aliphatic heterocycles. The molecule has 16 nitrogen and oxygen atoms in total. The van der Waals surface area contributed by atoms with Crippen LogP contribution in [0.1, 0.15) is 179 Å². The maximum Gasteiger partial charge on any atom is 0.306 e. The molecule has 16 atom stereocenters. The Morgan fingerprint density at radius 2 is 0.938 bits per heavy atom. The first-order valence-electron chi connectivity index (χ1n) is 29.4. The topological polar surface area (TPSA) is 226 Å². The predicted octanol–water partition coefficient (Wildman–Crippen LogP) is 9.95. The van der Waals surface area contributed by atoms with Gasteiger partial charge in [0, 0.05) is 84.4 Å². The summed E-state index contributed by atoms with van der Waals surface area (Å²) in [5, 5.41) is 0. The molecule has 0 bridgehead atoms. The number of ether oxygens (including phenoxy) is 6. The number of carbonyl (C=O) groups excluding carboxylic acids is 10. The summed E-state index contributed by atoms with van der Waals surface area (Å²) in [5.74, 6) is -8.15. The monoisotopic (exact) mass is 1130 g/mol. The summed E-state index contributed by atoms with van der Waals surface area (Å²) in [4.78, 5) is 128. The molecule has 8 aliphatic carbocycles. The molecule has 6 saturated carbocycles. The van der Waals surface area contributed by atoms with Crippen LogP contribution in [-0.4, -0.2) is 107 Å². The summed E-state index contributed by atoms with van der Waals surface area (Å²) in [5.41, 5.74) is -10.8. The molecular formula is C63H84F2O16. The second-order valence-corrected chi connectivity index (χ2v) is 25.0. The van der Waals surface area contributed by atoms with Gasteiger partial charge in [-0.05, 0) is 108 Å². The summed E-state index contributed by atoms with van der Waals surface area (Å²) < 4.78 is 70.7. The Bertz CT molecular complexity index is 2730. The van der Waals surface area contributed by atoms with Gasteiger partial charge >= 0.3 is 35.8 Å². The van der Waals surface area contributed by atoms with E-state index in [-0.39, 0.29) is 56.5 Å². The highest BCUT2D eigenvalue weighted by atomic mass is 19.1. The fourth-order valence-corrected chi connectivity index (χ4v) is 16.9. The van der Waals surface area contributed by atoms with E-state index in [1.807, 2.05) is 34.6 Å². The lowest BCUT2D eigenvalue weighted by atomic mass is 9.44. The number of hydrogen-bond acceptors (Lipinski definition) is 16. The lowest BCUT2D eigenvalue weighted by Crippen LogP contribution is -2.70. The lowest BCUT2D eigenvalue weighted by molar-refractivity contribution is -0.236. The average molecular weight is 1140 g/mol. The number of esters is 6. The van der Waals surface area contributed by atoms with Crippen molar-refractivity contribution in [2.45, 2.75) is 214 Å². The number of unbranched alkanes of at least 4 members (excludes halogenated alkanes) is 1. The van der Waals surface area contributed by atoms with Gasteiger partial charge in [-0.3, -0.25) is 47.9 Å². The zero-order valence-electron chi connectivity index (χ0n) is 49.4. The Morgan fingerprint density at radius 1 is 0.556 bits per heavy atom. The Labute approximate surface area is 474 Å². The van der Waals surface area contributed by atoms with Gasteiger partial charge in [0.05, 0.1) is 0 Å². The molecule has 18 heteroatoms. The number of ketones is 4. The van der Waals surface area contributed by atoms with E-state index in [4.69, 9.17) is 28.4 Å². The number of rotatable bonds is 17. The average Bonchev–Trinajstić information content (AvgIpc) is 1.86.